The number of benzene rings is 1. The number of hydrogen-bond acceptors (Lipinski definition) is 7. The molecule has 0 bridgehead atoms. The van der Waals surface area contributed by atoms with E-state index in [-0.39, 0.29) is 17.2 Å². The van der Waals surface area contributed by atoms with E-state index in [0.717, 1.165) is 31.7 Å². The summed E-state index contributed by atoms with van der Waals surface area (Å²) in [6, 6.07) is 6.48. The van der Waals surface area contributed by atoms with Crippen molar-refractivity contribution in [1.82, 2.24) is 14.7 Å². The fraction of sp³-hybridized carbons (Fsp3) is 0.444. The number of ether oxygens (including phenoxy) is 2. The number of hydrogen-bond donors (Lipinski definition) is 1. The van der Waals surface area contributed by atoms with Gasteiger partial charge in [-0.2, -0.15) is 0 Å². The van der Waals surface area contributed by atoms with Crippen molar-refractivity contribution in [1.29, 1.82) is 0 Å². The van der Waals surface area contributed by atoms with Gasteiger partial charge in [0.2, 0.25) is 10.0 Å². The van der Waals surface area contributed by atoms with Crippen molar-refractivity contribution >= 4 is 15.8 Å². The quantitative estimate of drug-likeness (QED) is 0.770. The summed E-state index contributed by atoms with van der Waals surface area (Å²) < 4.78 is 38.3. The zero-order valence-electron chi connectivity index (χ0n) is 15.5. The van der Waals surface area contributed by atoms with E-state index in [4.69, 9.17) is 9.47 Å². The first-order valence-corrected chi connectivity index (χ1v) is 10.3. The highest BCUT2D eigenvalue weighted by molar-refractivity contribution is 7.89. The molecule has 8 nitrogen and oxygen atoms in total. The molecule has 1 N–H and O–H groups in total. The van der Waals surface area contributed by atoms with Crippen molar-refractivity contribution in [2.24, 2.45) is 0 Å². The van der Waals surface area contributed by atoms with E-state index in [0.29, 0.717) is 11.6 Å². The van der Waals surface area contributed by atoms with Gasteiger partial charge < -0.3 is 14.4 Å². The van der Waals surface area contributed by atoms with E-state index in [1.807, 2.05) is 6.07 Å². The number of anilines is 1. The number of piperidine rings is 1. The molecule has 1 saturated heterocycles. The van der Waals surface area contributed by atoms with Gasteiger partial charge in [-0.05, 0) is 37.5 Å². The van der Waals surface area contributed by atoms with Crippen LogP contribution in [0.5, 0.6) is 11.5 Å². The van der Waals surface area contributed by atoms with Crippen LogP contribution in [-0.2, 0) is 16.6 Å². The smallest absolute Gasteiger partial charge is 0.244 e. The van der Waals surface area contributed by atoms with Gasteiger partial charge in [0.25, 0.3) is 0 Å². The first-order chi connectivity index (χ1) is 13.0. The van der Waals surface area contributed by atoms with E-state index in [1.54, 1.807) is 18.3 Å². The number of aromatic nitrogens is 2. The molecular formula is C18H24N4O4S. The van der Waals surface area contributed by atoms with Crippen LogP contribution in [0.1, 0.15) is 25.1 Å². The predicted octanol–water partition coefficient (Wildman–Crippen LogP) is 1.96. The number of methoxy groups -OCH3 is 2. The maximum Gasteiger partial charge on any atom is 0.244 e. The van der Waals surface area contributed by atoms with Crippen LogP contribution < -0.4 is 19.1 Å². The van der Waals surface area contributed by atoms with E-state index >= 15 is 0 Å². The third-order valence-electron chi connectivity index (χ3n) is 4.45. The Bertz CT molecular complexity index is 883. The first kappa shape index (κ1) is 19.4. The van der Waals surface area contributed by atoms with Crippen LogP contribution >= 0.6 is 0 Å². The minimum absolute atomic E-state index is 0.00955. The lowest BCUT2D eigenvalue weighted by atomic mass is 10.1. The second kappa shape index (κ2) is 8.53. The summed E-state index contributed by atoms with van der Waals surface area (Å²) >= 11 is 0. The first-order valence-electron chi connectivity index (χ1n) is 8.82. The Morgan fingerprint density at radius 1 is 1.11 bits per heavy atom. The van der Waals surface area contributed by atoms with Gasteiger partial charge in [0.15, 0.2) is 0 Å². The van der Waals surface area contributed by atoms with Crippen LogP contribution in [0.3, 0.4) is 0 Å². The Hall–Kier alpha value is -2.39. The van der Waals surface area contributed by atoms with Gasteiger partial charge in [-0.25, -0.2) is 23.1 Å². The van der Waals surface area contributed by atoms with Crippen molar-refractivity contribution in [3.8, 4) is 11.5 Å². The maximum atomic E-state index is 12.7. The topological polar surface area (TPSA) is 93.6 Å². The van der Waals surface area contributed by atoms with E-state index < -0.39 is 10.0 Å². The van der Waals surface area contributed by atoms with Crippen LogP contribution in [0.25, 0.3) is 0 Å². The zero-order chi connectivity index (χ0) is 19.3. The number of rotatable bonds is 7. The molecule has 0 saturated carbocycles. The fourth-order valence-corrected chi connectivity index (χ4v) is 4.17. The van der Waals surface area contributed by atoms with E-state index in [1.165, 1.54) is 26.7 Å². The summed E-state index contributed by atoms with van der Waals surface area (Å²) in [6.45, 7) is 1.91. The molecule has 0 radical (unpaired) electrons. The highest BCUT2D eigenvalue weighted by Crippen LogP contribution is 2.28. The zero-order valence-corrected chi connectivity index (χ0v) is 16.3. The molecular weight excluding hydrogens is 368 g/mol. The number of sulfonamides is 1. The Morgan fingerprint density at radius 3 is 2.59 bits per heavy atom. The monoisotopic (exact) mass is 392 g/mol. The highest BCUT2D eigenvalue weighted by Gasteiger charge is 2.21. The van der Waals surface area contributed by atoms with Gasteiger partial charge in [-0.1, -0.05) is 0 Å². The normalized spacial score (nSPS) is 14.8. The summed E-state index contributed by atoms with van der Waals surface area (Å²) in [4.78, 5) is 10.9. The van der Waals surface area contributed by atoms with Crippen LogP contribution in [0.15, 0.2) is 35.4 Å². The summed E-state index contributed by atoms with van der Waals surface area (Å²) in [5.41, 5.74) is 0. The lowest BCUT2D eigenvalue weighted by Gasteiger charge is -2.27. The third-order valence-corrected chi connectivity index (χ3v) is 5.87. The van der Waals surface area contributed by atoms with Gasteiger partial charge in [0.1, 0.15) is 28.0 Å². The minimum atomic E-state index is -3.82. The molecule has 0 spiro atoms. The Kier molecular flexibility index (Phi) is 6.12. The van der Waals surface area contributed by atoms with Crippen molar-refractivity contribution in [3.05, 3.63) is 36.3 Å². The van der Waals surface area contributed by atoms with Crippen LogP contribution in [0.4, 0.5) is 5.82 Å². The van der Waals surface area contributed by atoms with Crippen LogP contribution in [0, 0.1) is 0 Å². The molecule has 1 aliphatic heterocycles. The van der Waals surface area contributed by atoms with Gasteiger partial charge in [0.05, 0.1) is 20.8 Å². The molecule has 0 atom stereocenters. The van der Waals surface area contributed by atoms with E-state index in [2.05, 4.69) is 19.6 Å². The summed E-state index contributed by atoms with van der Waals surface area (Å²) in [6.07, 6.45) is 5.17. The summed E-state index contributed by atoms with van der Waals surface area (Å²) in [5.74, 6) is 1.92. The second-order valence-corrected chi connectivity index (χ2v) is 7.96. The molecule has 146 valence electrons. The summed E-state index contributed by atoms with van der Waals surface area (Å²) in [5, 5.41) is 0. The van der Waals surface area contributed by atoms with Gasteiger partial charge in [-0.15, -0.1) is 0 Å². The maximum absolute atomic E-state index is 12.7. The number of nitrogens with zero attached hydrogens (tertiary/aromatic N) is 3. The molecule has 3 rings (SSSR count). The summed E-state index contributed by atoms with van der Waals surface area (Å²) in [7, 11) is -0.920. The minimum Gasteiger partial charge on any atom is -0.497 e. The molecule has 0 amide bonds. The Balaban J connectivity index is 1.76. The standard InChI is InChI=1S/C18H24N4O4S/c1-25-14-6-7-15(26-2)16(12-14)27(23,24)20-13-17-19-9-8-18(21-17)22-10-4-3-5-11-22/h6-9,12,20H,3-5,10-11,13H2,1-2H3. The van der Waals surface area contributed by atoms with Crippen LogP contribution in [0.2, 0.25) is 0 Å². The van der Waals surface area contributed by atoms with Gasteiger partial charge in [-0.3, -0.25) is 0 Å². The predicted molar refractivity (Wildman–Crippen MR) is 102 cm³/mol. The van der Waals surface area contributed by atoms with Crippen LogP contribution in [-0.4, -0.2) is 45.7 Å². The molecule has 1 aliphatic rings. The lowest BCUT2D eigenvalue weighted by molar-refractivity contribution is 0.392. The molecule has 0 aliphatic carbocycles. The molecule has 2 heterocycles. The van der Waals surface area contributed by atoms with Crippen molar-refractivity contribution in [3.63, 3.8) is 0 Å². The molecule has 1 fully saturated rings. The largest absolute Gasteiger partial charge is 0.497 e. The Labute approximate surface area is 159 Å². The molecule has 1 aromatic carbocycles. The SMILES string of the molecule is COc1ccc(OC)c(S(=O)(=O)NCc2nccc(N3CCCCC3)n2)c1. The van der Waals surface area contributed by atoms with Crippen molar-refractivity contribution in [2.45, 2.75) is 30.7 Å². The highest BCUT2D eigenvalue weighted by atomic mass is 32.2. The molecule has 2 aromatic rings. The van der Waals surface area contributed by atoms with E-state index in [9.17, 15) is 8.42 Å². The molecule has 9 heteroatoms. The fourth-order valence-electron chi connectivity index (χ4n) is 3.00. The van der Waals surface area contributed by atoms with Gasteiger partial charge >= 0.3 is 0 Å². The van der Waals surface area contributed by atoms with Crippen molar-refractivity contribution in [2.75, 3.05) is 32.2 Å². The van der Waals surface area contributed by atoms with Crippen molar-refractivity contribution < 1.29 is 17.9 Å². The molecule has 27 heavy (non-hydrogen) atoms. The number of nitrogens with one attached hydrogen (secondary N) is 1. The lowest BCUT2D eigenvalue weighted by Crippen LogP contribution is -2.31. The third kappa shape index (κ3) is 4.67. The Morgan fingerprint density at radius 2 is 1.89 bits per heavy atom. The molecule has 1 aromatic heterocycles. The molecule has 0 unspecified atom stereocenters. The second-order valence-electron chi connectivity index (χ2n) is 6.22. The average Bonchev–Trinajstić information content (AvgIpc) is 2.72. The van der Waals surface area contributed by atoms with Gasteiger partial charge in [0, 0.05) is 25.4 Å². The average molecular weight is 392 g/mol.